The van der Waals surface area contributed by atoms with Crippen LogP contribution in [0, 0.1) is 5.92 Å². The molecule has 0 aromatic heterocycles. The van der Waals surface area contributed by atoms with Gasteiger partial charge in [-0.3, -0.25) is 0 Å². The van der Waals surface area contributed by atoms with Crippen molar-refractivity contribution in [2.24, 2.45) is 5.92 Å². The highest BCUT2D eigenvalue weighted by molar-refractivity contribution is 7.89. The third kappa shape index (κ3) is 5.00. The van der Waals surface area contributed by atoms with Crippen molar-refractivity contribution in [3.63, 3.8) is 0 Å². The van der Waals surface area contributed by atoms with Gasteiger partial charge in [-0.25, -0.2) is 17.9 Å². The predicted octanol–water partition coefficient (Wildman–Crippen LogP) is 2.10. The van der Waals surface area contributed by atoms with Gasteiger partial charge in [0.25, 0.3) is 0 Å². The number of hydrogen-bond acceptors (Lipinski definition) is 3. The summed E-state index contributed by atoms with van der Waals surface area (Å²) in [5.41, 5.74) is -0.0370. The van der Waals surface area contributed by atoms with E-state index in [9.17, 15) is 13.2 Å². The van der Waals surface area contributed by atoms with E-state index in [-0.39, 0.29) is 10.5 Å². The van der Waals surface area contributed by atoms with Crippen molar-refractivity contribution in [1.82, 2.24) is 4.72 Å². The number of rotatable bonds is 7. The minimum Gasteiger partial charge on any atom is -0.478 e. The van der Waals surface area contributed by atoms with E-state index in [0.29, 0.717) is 12.5 Å². The Labute approximate surface area is 113 Å². The van der Waals surface area contributed by atoms with Gasteiger partial charge in [0.2, 0.25) is 10.0 Å². The number of carboxylic acids is 1. The van der Waals surface area contributed by atoms with Gasteiger partial charge in [-0.15, -0.1) is 0 Å². The number of hydrogen-bond donors (Lipinski definition) is 2. The summed E-state index contributed by atoms with van der Waals surface area (Å²) in [6.07, 6.45) is 1.70. The zero-order chi connectivity index (χ0) is 14.5. The minimum absolute atomic E-state index is 0.0167. The van der Waals surface area contributed by atoms with Crippen molar-refractivity contribution in [1.29, 1.82) is 0 Å². The summed E-state index contributed by atoms with van der Waals surface area (Å²) in [7, 11) is -3.63. The lowest BCUT2D eigenvalue weighted by atomic mass is 10.1. The lowest BCUT2D eigenvalue weighted by Gasteiger charge is -2.08. The molecule has 1 aromatic carbocycles. The minimum atomic E-state index is -3.63. The maximum absolute atomic E-state index is 11.9. The quantitative estimate of drug-likeness (QED) is 0.751. The second-order valence-corrected chi connectivity index (χ2v) is 6.53. The van der Waals surface area contributed by atoms with E-state index in [1.807, 2.05) is 0 Å². The predicted molar refractivity (Wildman–Crippen MR) is 72.7 cm³/mol. The van der Waals surface area contributed by atoms with Crippen LogP contribution in [0.1, 0.15) is 37.0 Å². The molecule has 0 saturated carbocycles. The monoisotopic (exact) mass is 285 g/mol. The Morgan fingerprint density at radius 3 is 2.63 bits per heavy atom. The molecular formula is C13H19NO4S. The molecule has 1 aromatic rings. The van der Waals surface area contributed by atoms with E-state index in [4.69, 9.17) is 5.11 Å². The van der Waals surface area contributed by atoms with E-state index >= 15 is 0 Å². The first-order valence-corrected chi connectivity index (χ1v) is 7.64. The Morgan fingerprint density at radius 1 is 1.37 bits per heavy atom. The van der Waals surface area contributed by atoms with Crippen molar-refractivity contribution < 1.29 is 18.3 Å². The molecule has 6 heteroatoms. The molecule has 5 nitrogen and oxygen atoms in total. The van der Waals surface area contributed by atoms with Gasteiger partial charge in [-0.2, -0.15) is 0 Å². The summed E-state index contributed by atoms with van der Waals surface area (Å²) >= 11 is 0. The Balaban J connectivity index is 2.72. The molecule has 0 aliphatic rings. The number of carboxylic acid groups (broad SMARTS) is 1. The molecule has 0 radical (unpaired) electrons. The molecule has 106 valence electrons. The molecule has 0 heterocycles. The van der Waals surface area contributed by atoms with E-state index in [2.05, 4.69) is 18.6 Å². The van der Waals surface area contributed by atoms with Gasteiger partial charge in [-0.1, -0.05) is 19.9 Å². The number of carbonyl (C=O) groups is 1. The molecule has 0 spiro atoms. The first-order valence-electron chi connectivity index (χ1n) is 6.16. The van der Waals surface area contributed by atoms with Gasteiger partial charge >= 0.3 is 5.97 Å². The van der Waals surface area contributed by atoms with Gasteiger partial charge in [0.05, 0.1) is 10.5 Å². The SMILES string of the molecule is CC(C)CCCNS(=O)(=O)c1cccc(C(=O)O)c1. The fourth-order valence-corrected chi connectivity index (χ4v) is 2.72. The number of aromatic carboxylic acids is 1. The van der Waals surface area contributed by atoms with Crippen LogP contribution in [-0.4, -0.2) is 26.0 Å². The Morgan fingerprint density at radius 2 is 2.05 bits per heavy atom. The summed E-state index contributed by atoms with van der Waals surface area (Å²) in [4.78, 5) is 10.8. The summed E-state index contributed by atoms with van der Waals surface area (Å²) in [6.45, 7) is 4.51. The van der Waals surface area contributed by atoms with Gasteiger partial charge in [0.1, 0.15) is 0 Å². The Bertz CT molecular complexity index is 537. The molecule has 1 rings (SSSR count). The van der Waals surface area contributed by atoms with E-state index in [1.165, 1.54) is 18.2 Å². The third-order valence-corrected chi connectivity index (χ3v) is 4.10. The maximum Gasteiger partial charge on any atom is 0.335 e. The zero-order valence-corrected chi connectivity index (χ0v) is 11.9. The van der Waals surface area contributed by atoms with Crippen molar-refractivity contribution in [3.8, 4) is 0 Å². The van der Waals surface area contributed by atoms with Gasteiger partial charge in [-0.05, 0) is 37.0 Å². The maximum atomic E-state index is 11.9. The average molecular weight is 285 g/mol. The highest BCUT2D eigenvalue weighted by Crippen LogP contribution is 2.12. The molecule has 0 aliphatic carbocycles. The second-order valence-electron chi connectivity index (χ2n) is 4.77. The van der Waals surface area contributed by atoms with Crippen molar-refractivity contribution >= 4 is 16.0 Å². The van der Waals surface area contributed by atoms with Crippen LogP contribution >= 0.6 is 0 Å². The van der Waals surface area contributed by atoms with Crippen LogP contribution < -0.4 is 4.72 Å². The van der Waals surface area contributed by atoms with Crippen LogP contribution in [0.25, 0.3) is 0 Å². The van der Waals surface area contributed by atoms with Gasteiger partial charge in [0, 0.05) is 6.54 Å². The Kier molecular flexibility index (Phi) is 5.50. The highest BCUT2D eigenvalue weighted by Gasteiger charge is 2.15. The third-order valence-electron chi connectivity index (χ3n) is 2.64. The summed E-state index contributed by atoms with van der Waals surface area (Å²) in [6, 6.07) is 5.33. The summed E-state index contributed by atoms with van der Waals surface area (Å²) in [5.74, 6) is -0.614. The molecule has 2 N–H and O–H groups in total. The molecule has 0 bridgehead atoms. The van der Waals surface area contributed by atoms with Crippen LogP contribution in [-0.2, 0) is 10.0 Å². The normalized spacial score (nSPS) is 11.7. The van der Waals surface area contributed by atoms with Gasteiger partial charge in [0.15, 0.2) is 0 Å². The van der Waals surface area contributed by atoms with Crippen molar-refractivity contribution in [2.75, 3.05) is 6.54 Å². The molecule has 0 atom stereocenters. The molecule has 0 unspecified atom stereocenters. The zero-order valence-electron chi connectivity index (χ0n) is 11.1. The smallest absolute Gasteiger partial charge is 0.335 e. The molecule has 0 aliphatic heterocycles. The van der Waals surface area contributed by atoms with Crippen molar-refractivity contribution in [3.05, 3.63) is 29.8 Å². The fraction of sp³-hybridized carbons (Fsp3) is 0.462. The molecule has 0 fully saturated rings. The Hall–Kier alpha value is -1.40. The first kappa shape index (κ1) is 15.7. The van der Waals surface area contributed by atoms with Crippen LogP contribution in [0.4, 0.5) is 0 Å². The van der Waals surface area contributed by atoms with Gasteiger partial charge < -0.3 is 5.11 Å². The van der Waals surface area contributed by atoms with Crippen LogP contribution in [0.15, 0.2) is 29.2 Å². The number of sulfonamides is 1. The molecule has 19 heavy (non-hydrogen) atoms. The van der Waals surface area contributed by atoms with Crippen LogP contribution in [0.5, 0.6) is 0 Å². The van der Waals surface area contributed by atoms with E-state index in [1.54, 1.807) is 0 Å². The lowest BCUT2D eigenvalue weighted by molar-refractivity contribution is 0.0696. The molecule has 0 amide bonds. The summed E-state index contributed by atoms with van der Waals surface area (Å²) < 4.78 is 26.4. The topological polar surface area (TPSA) is 83.5 Å². The standard InChI is InChI=1S/C13H19NO4S/c1-10(2)5-4-8-14-19(17,18)12-7-3-6-11(9-12)13(15)16/h3,6-7,9-10,14H,4-5,8H2,1-2H3,(H,15,16). The number of nitrogens with one attached hydrogen (secondary N) is 1. The van der Waals surface area contributed by atoms with E-state index in [0.717, 1.165) is 18.9 Å². The molecule has 0 saturated heterocycles. The number of benzene rings is 1. The average Bonchev–Trinajstić information content (AvgIpc) is 2.34. The van der Waals surface area contributed by atoms with Crippen molar-refractivity contribution in [2.45, 2.75) is 31.6 Å². The lowest BCUT2D eigenvalue weighted by Crippen LogP contribution is -2.25. The summed E-state index contributed by atoms with van der Waals surface area (Å²) in [5, 5.41) is 8.83. The molecular weight excluding hydrogens is 266 g/mol. The largest absolute Gasteiger partial charge is 0.478 e. The second kappa shape index (κ2) is 6.68. The fourth-order valence-electron chi connectivity index (χ4n) is 1.60. The highest BCUT2D eigenvalue weighted by atomic mass is 32.2. The van der Waals surface area contributed by atoms with Crippen LogP contribution in [0.2, 0.25) is 0 Å². The first-order chi connectivity index (χ1) is 8.83. The van der Waals surface area contributed by atoms with Crippen LogP contribution in [0.3, 0.4) is 0 Å². The van der Waals surface area contributed by atoms with E-state index < -0.39 is 16.0 Å².